The Labute approximate surface area is 258 Å². The fourth-order valence-electron chi connectivity index (χ4n) is 5.49. The highest BCUT2D eigenvalue weighted by Gasteiger charge is 2.30. The van der Waals surface area contributed by atoms with Crippen LogP contribution in [0.2, 0.25) is 0 Å². The van der Waals surface area contributed by atoms with Gasteiger partial charge in [0, 0.05) is 13.1 Å². The van der Waals surface area contributed by atoms with Crippen LogP contribution in [0.15, 0.2) is 76.3 Å². The molecule has 0 aliphatic carbocycles. The van der Waals surface area contributed by atoms with Crippen LogP contribution < -0.4 is 25.5 Å². The Bertz CT molecular complexity index is 1760. The normalized spacial score (nSPS) is 14.7. The molecular weight excluding hydrogens is 588 g/mol. The van der Waals surface area contributed by atoms with Gasteiger partial charge in [-0.1, -0.05) is 36.4 Å². The van der Waals surface area contributed by atoms with Crippen molar-refractivity contribution in [3.8, 4) is 17.2 Å². The average molecular weight is 624 g/mol. The van der Waals surface area contributed by atoms with Crippen LogP contribution in [0.1, 0.15) is 23.6 Å². The van der Waals surface area contributed by atoms with Crippen LogP contribution in [0, 0.1) is 0 Å². The number of benzene rings is 3. The summed E-state index contributed by atoms with van der Waals surface area (Å²) in [6.45, 7) is -1.35. The number of fused-ring (bicyclic) bond motifs is 1. The number of hydrogen-bond acceptors (Lipinski definition) is 7. The maximum absolute atomic E-state index is 14.0. The van der Waals surface area contributed by atoms with Crippen molar-refractivity contribution in [1.29, 1.82) is 0 Å². The zero-order valence-corrected chi connectivity index (χ0v) is 25.1. The molecule has 0 radical (unpaired) electrons. The SMILES string of the molecule is COc1ccc(Cn2c(=O)c3cc(OC(CF)CF)ccc3n(C3CCN(C(=O)COCc4ccccc4)C3)c2=O)cc1OC. The number of halogens is 2. The van der Waals surface area contributed by atoms with Crippen LogP contribution in [0.5, 0.6) is 17.2 Å². The number of likely N-dealkylation sites (tertiary alicyclic amines) is 1. The largest absolute Gasteiger partial charge is 0.493 e. The number of ether oxygens (including phenoxy) is 4. The minimum absolute atomic E-state index is 0.0840. The summed E-state index contributed by atoms with van der Waals surface area (Å²) in [5.41, 5.74) is 0.744. The van der Waals surface area contributed by atoms with Crippen molar-refractivity contribution in [3.63, 3.8) is 0 Å². The standard InChI is InChI=1S/C33H35F2N3O7/c1-42-29-11-8-23(14-30(29)43-2)18-37-32(40)27-15-25(45-26(16-34)17-35)9-10-28(27)38(33(37)41)24-12-13-36(19-24)31(39)21-44-20-22-6-4-3-5-7-22/h3-11,14-15,24,26H,12-13,16-21H2,1-2H3. The van der Waals surface area contributed by atoms with E-state index in [1.165, 1.54) is 37.0 Å². The van der Waals surface area contributed by atoms with E-state index in [1.54, 1.807) is 23.1 Å². The van der Waals surface area contributed by atoms with Gasteiger partial charge in [0.2, 0.25) is 5.91 Å². The van der Waals surface area contributed by atoms with Gasteiger partial charge in [-0.25, -0.2) is 13.6 Å². The van der Waals surface area contributed by atoms with Crippen LogP contribution in [0.25, 0.3) is 10.9 Å². The molecule has 5 rings (SSSR count). The second kappa shape index (κ2) is 14.4. The van der Waals surface area contributed by atoms with E-state index in [0.29, 0.717) is 42.2 Å². The molecule has 1 unspecified atom stereocenters. The van der Waals surface area contributed by atoms with Gasteiger partial charge < -0.3 is 23.8 Å². The van der Waals surface area contributed by atoms with Crippen molar-refractivity contribution in [1.82, 2.24) is 14.0 Å². The summed E-state index contributed by atoms with van der Waals surface area (Å²) in [6, 6.07) is 18.6. The molecule has 1 amide bonds. The lowest BCUT2D eigenvalue weighted by atomic mass is 10.1. The molecule has 3 aromatic carbocycles. The molecule has 4 aromatic rings. The molecule has 1 aromatic heterocycles. The van der Waals surface area contributed by atoms with Crippen molar-refractivity contribution >= 4 is 16.8 Å². The molecule has 45 heavy (non-hydrogen) atoms. The monoisotopic (exact) mass is 623 g/mol. The van der Waals surface area contributed by atoms with Gasteiger partial charge in [0.25, 0.3) is 5.56 Å². The summed E-state index contributed by atoms with van der Waals surface area (Å²) in [6.07, 6.45) is -0.848. The first kappa shape index (κ1) is 31.7. The first-order valence-corrected chi connectivity index (χ1v) is 14.5. The first-order chi connectivity index (χ1) is 21.9. The molecule has 1 saturated heterocycles. The van der Waals surface area contributed by atoms with Gasteiger partial charge in [-0.05, 0) is 47.9 Å². The molecule has 0 bridgehead atoms. The Kier molecular flexibility index (Phi) is 10.1. The van der Waals surface area contributed by atoms with Gasteiger partial charge in [0.05, 0.1) is 44.3 Å². The van der Waals surface area contributed by atoms with Crippen LogP contribution in [0.3, 0.4) is 0 Å². The van der Waals surface area contributed by atoms with E-state index in [-0.39, 0.29) is 36.7 Å². The lowest BCUT2D eigenvalue weighted by Gasteiger charge is -2.21. The Morgan fingerprint density at radius 3 is 2.40 bits per heavy atom. The number of carbonyl (C=O) groups is 1. The van der Waals surface area contributed by atoms with Crippen LogP contribution in [0.4, 0.5) is 8.78 Å². The number of rotatable bonds is 13. The van der Waals surface area contributed by atoms with Gasteiger partial charge in [-0.2, -0.15) is 0 Å². The Hall–Kier alpha value is -4.71. The van der Waals surface area contributed by atoms with E-state index in [4.69, 9.17) is 18.9 Å². The zero-order chi connectivity index (χ0) is 31.9. The molecule has 238 valence electrons. The zero-order valence-electron chi connectivity index (χ0n) is 25.1. The molecule has 1 fully saturated rings. The molecule has 1 aliphatic rings. The molecule has 0 spiro atoms. The number of hydrogen-bond donors (Lipinski definition) is 0. The molecule has 2 heterocycles. The van der Waals surface area contributed by atoms with Crippen molar-refractivity contribution < 1.29 is 32.5 Å². The quantitative estimate of drug-likeness (QED) is 0.223. The van der Waals surface area contributed by atoms with E-state index in [9.17, 15) is 23.2 Å². The highest BCUT2D eigenvalue weighted by atomic mass is 19.1. The third kappa shape index (κ3) is 7.01. The van der Waals surface area contributed by atoms with Crippen molar-refractivity contribution in [2.75, 3.05) is 47.3 Å². The summed E-state index contributed by atoms with van der Waals surface area (Å²) in [7, 11) is 2.99. The van der Waals surface area contributed by atoms with Crippen molar-refractivity contribution in [2.24, 2.45) is 0 Å². The van der Waals surface area contributed by atoms with Crippen LogP contribution >= 0.6 is 0 Å². The fourth-order valence-corrected chi connectivity index (χ4v) is 5.49. The minimum atomic E-state index is -1.32. The summed E-state index contributed by atoms with van der Waals surface area (Å²) < 4.78 is 50.8. The summed E-state index contributed by atoms with van der Waals surface area (Å²) in [4.78, 5) is 42.5. The number of carbonyl (C=O) groups excluding carboxylic acids is 1. The van der Waals surface area contributed by atoms with E-state index in [1.807, 2.05) is 30.3 Å². The number of nitrogens with zero attached hydrogens (tertiary/aromatic N) is 3. The molecule has 1 atom stereocenters. The van der Waals surface area contributed by atoms with Crippen molar-refractivity contribution in [2.45, 2.75) is 31.7 Å². The van der Waals surface area contributed by atoms with Gasteiger partial charge in [0.15, 0.2) is 17.6 Å². The maximum atomic E-state index is 14.0. The van der Waals surface area contributed by atoms with E-state index >= 15 is 0 Å². The Morgan fingerprint density at radius 1 is 0.933 bits per heavy atom. The summed E-state index contributed by atoms with van der Waals surface area (Å²) >= 11 is 0. The third-order valence-corrected chi connectivity index (χ3v) is 7.79. The lowest BCUT2D eigenvalue weighted by Crippen LogP contribution is -2.42. The van der Waals surface area contributed by atoms with Gasteiger partial charge in [-0.15, -0.1) is 0 Å². The molecule has 1 aliphatic heterocycles. The average Bonchev–Trinajstić information content (AvgIpc) is 3.56. The second-order valence-corrected chi connectivity index (χ2v) is 10.7. The molecule has 10 nitrogen and oxygen atoms in total. The number of amides is 1. The predicted octanol–water partition coefficient (Wildman–Crippen LogP) is 3.91. The van der Waals surface area contributed by atoms with Crippen molar-refractivity contribution in [3.05, 3.63) is 98.7 Å². The smallest absolute Gasteiger partial charge is 0.332 e. The topological polar surface area (TPSA) is 101 Å². The van der Waals surface area contributed by atoms with E-state index in [2.05, 4.69) is 0 Å². The first-order valence-electron chi connectivity index (χ1n) is 14.5. The van der Waals surface area contributed by atoms with Crippen LogP contribution in [-0.4, -0.2) is 73.3 Å². The number of alkyl halides is 2. The summed E-state index contributed by atoms with van der Waals surface area (Å²) in [5.74, 6) is 0.818. The van der Waals surface area contributed by atoms with Gasteiger partial charge >= 0.3 is 5.69 Å². The summed E-state index contributed by atoms with van der Waals surface area (Å²) in [5, 5.41) is 0.139. The van der Waals surface area contributed by atoms with Gasteiger partial charge in [-0.3, -0.25) is 18.7 Å². The molecule has 0 saturated carbocycles. The maximum Gasteiger partial charge on any atom is 0.332 e. The number of methoxy groups -OCH3 is 2. The fraction of sp³-hybridized carbons (Fsp3) is 0.364. The lowest BCUT2D eigenvalue weighted by molar-refractivity contribution is -0.135. The molecule has 0 N–H and O–H groups in total. The minimum Gasteiger partial charge on any atom is -0.493 e. The highest BCUT2D eigenvalue weighted by Crippen LogP contribution is 2.29. The Balaban J connectivity index is 1.47. The molecular formula is C33H35F2N3O7. The van der Waals surface area contributed by atoms with E-state index in [0.717, 1.165) is 10.1 Å². The third-order valence-electron chi connectivity index (χ3n) is 7.79. The highest BCUT2D eigenvalue weighted by molar-refractivity contribution is 5.80. The predicted molar refractivity (Wildman–Crippen MR) is 164 cm³/mol. The van der Waals surface area contributed by atoms with E-state index < -0.39 is 36.7 Å². The Morgan fingerprint density at radius 2 is 1.69 bits per heavy atom. The van der Waals surface area contributed by atoms with Crippen LogP contribution in [-0.2, 0) is 22.7 Å². The molecule has 12 heteroatoms. The number of aromatic nitrogens is 2. The van der Waals surface area contributed by atoms with Gasteiger partial charge in [0.1, 0.15) is 25.7 Å². The second-order valence-electron chi connectivity index (χ2n) is 10.7.